The lowest BCUT2D eigenvalue weighted by Gasteiger charge is -2.23. The van der Waals surface area contributed by atoms with Gasteiger partial charge in [-0.1, -0.05) is 37.3 Å². The van der Waals surface area contributed by atoms with E-state index in [9.17, 15) is 0 Å². The Morgan fingerprint density at radius 1 is 1.00 bits per heavy atom. The summed E-state index contributed by atoms with van der Waals surface area (Å²) >= 11 is 0. The molecule has 1 unspecified atom stereocenters. The van der Waals surface area contributed by atoms with E-state index >= 15 is 0 Å². The molecule has 2 nitrogen and oxygen atoms in total. The van der Waals surface area contributed by atoms with Gasteiger partial charge in [-0.3, -0.25) is 0 Å². The van der Waals surface area contributed by atoms with Crippen molar-refractivity contribution in [3.63, 3.8) is 0 Å². The Kier molecular flexibility index (Phi) is 5.40. The molecule has 0 amide bonds. The summed E-state index contributed by atoms with van der Waals surface area (Å²) in [6.07, 6.45) is 0. The zero-order valence-corrected chi connectivity index (χ0v) is 13.4. The van der Waals surface area contributed by atoms with Gasteiger partial charge in [0.25, 0.3) is 0 Å². The fourth-order valence-electron chi connectivity index (χ4n) is 2.82. The molecule has 2 heteroatoms. The van der Waals surface area contributed by atoms with Crippen LogP contribution in [0.5, 0.6) is 5.75 Å². The zero-order chi connectivity index (χ0) is 15.2. The van der Waals surface area contributed by atoms with Crippen LogP contribution in [0.2, 0.25) is 0 Å². The molecule has 0 saturated carbocycles. The molecule has 2 aromatic rings. The van der Waals surface area contributed by atoms with Crippen LogP contribution in [-0.2, 0) is 0 Å². The molecule has 112 valence electrons. The first kappa shape index (κ1) is 15.6. The summed E-state index contributed by atoms with van der Waals surface area (Å²) in [6.45, 7) is 10.1. The fourth-order valence-corrected chi connectivity index (χ4v) is 2.82. The van der Waals surface area contributed by atoms with Crippen molar-refractivity contribution in [1.29, 1.82) is 0 Å². The lowest BCUT2D eigenvalue weighted by Crippen LogP contribution is -2.23. The lowest BCUT2D eigenvalue weighted by molar-refractivity contribution is 0.339. The van der Waals surface area contributed by atoms with Gasteiger partial charge in [0.15, 0.2) is 0 Å². The van der Waals surface area contributed by atoms with Crippen LogP contribution >= 0.6 is 0 Å². The topological polar surface area (TPSA) is 21.3 Å². The molecular weight excluding hydrogens is 258 g/mol. The van der Waals surface area contributed by atoms with Gasteiger partial charge in [-0.15, -0.1) is 0 Å². The molecule has 0 bridgehead atoms. The molecule has 0 aromatic heterocycles. The Balaban J connectivity index is 2.46. The Bertz CT molecular complexity index is 572. The van der Waals surface area contributed by atoms with Crippen LogP contribution < -0.4 is 10.1 Å². The second-order valence-corrected chi connectivity index (χ2v) is 5.30. The van der Waals surface area contributed by atoms with E-state index in [1.165, 1.54) is 22.3 Å². The van der Waals surface area contributed by atoms with Gasteiger partial charge >= 0.3 is 0 Å². The minimum atomic E-state index is 0.205. The normalized spacial score (nSPS) is 12.2. The Morgan fingerprint density at radius 3 is 2.29 bits per heavy atom. The van der Waals surface area contributed by atoms with Gasteiger partial charge in [0, 0.05) is 0 Å². The first-order valence-corrected chi connectivity index (χ1v) is 7.69. The molecular formula is C19H25NO. The van der Waals surface area contributed by atoms with Crippen molar-refractivity contribution in [3.05, 3.63) is 64.7 Å². The van der Waals surface area contributed by atoms with Crippen LogP contribution in [0, 0.1) is 13.8 Å². The molecule has 0 saturated heterocycles. The molecule has 0 spiro atoms. The summed E-state index contributed by atoms with van der Waals surface area (Å²) in [6, 6.07) is 15.1. The third-order valence-electron chi connectivity index (χ3n) is 3.74. The van der Waals surface area contributed by atoms with E-state index in [4.69, 9.17) is 4.74 Å². The van der Waals surface area contributed by atoms with Gasteiger partial charge in [0.1, 0.15) is 5.75 Å². The number of nitrogens with one attached hydrogen (secondary N) is 1. The smallest absolute Gasteiger partial charge is 0.119 e. The number of aryl methyl sites for hydroxylation is 2. The van der Waals surface area contributed by atoms with E-state index in [0.29, 0.717) is 6.61 Å². The summed E-state index contributed by atoms with van der Waals surface area (Å²) in [5.41, 5.74) is 5.26. The van der Waals surface area contributed by atoms with Crippen molar-refractivity contribution in [1.82, 2.24) is 5.32 Å². The summed E-state index contributed by atoms with van der Waals surface area (Å²) in [5, 5.41) is 3.61. The number of ether oxygens (including phenoxy) is 1. The minimum Gasteiger partial charge on any atom is -0.494 e. The molecule has 0 aliphatic heterocycles. The highest BCUT2D eigenvalue weighted by Gasteiger charge is 2.17. The summed E-state index contributed by atoms with van der Waals surface area (Å²) in [5.74, 6) is 0.934. The maximum atomic E-state index is 5.64. The maximum Gasteiger partial charge on any atom is 0.119 e. The van der Waals surface area contributed by atoms with Crippen molar-refractivity contribution in [3.8, 4) is 5.75 Å². The third kappa shape index (κ3) is 3.64. The molecule has 0 fully saturated rings. The van der Waals surface area contributed by atoms with Crippen LogP contribution in [0.25, 0.3) is 0 Å². The van der Waals surface area contributed by atoms with E-state index in [1.807, 2.05) is 13.0 Å². The highest BCUT2D eigenvalue weighted by atomic mass is 16.5. The lowest BCUT2D eigenvalue weighted by atomic mass is 9.91. The number of hydrogen-bond acceptors (Lipinski definition) is 2. The summed E-state index contributed by atoms with van der Waals surface area (Å²) in [4.78, 5) is 0. The second kappa shape index (κ2) is 7.28. The van der Waals surface area contributed by atoms with Gasteiger partial charge in [0.05, 0.1) is 12.6 Å². The second-order valence-electron chi connectivity index (χ2n) is 5.30. The van der Waals surface area contributed by atoms with E-state index in [0.717, 1.165) is 12.3 Å². The number of rotatable bonds is 6. The molecule has 21 heavy (non-hydrogen) atoms. The summed E-state index contributed by atoms with van der Waals surface area (Å²) in [7, 11) is 0. The Labute approximate surface area is 128 Å². The molecule has 1 atom stereocenters. The third-order valence-corrected chi connectivity index (χ3v) is 3.74. The van der Waals surface area contributed by atoms with Crippen molar-refractivity contribution in [2.24, 2.45) is 0 Å². The molecule has 0 aliphatic carbocycles. The van der Waals surface area contributed by atoms with E-state index in [-0.39, 0.29) is 6.04 Å². The Morgan fingerprint density at radius 2 is 1.67 bits per heavy atom. The van der Waals surface area contributed by atoms with Crippen molar-refractivity contribution in [2.45, 2.75) is 33.7 Å². The molecule has 2 aromatic carbocycles. The van der Waals surface area contributed by atoms with Gasteiger partial charge < -0.3 is 10.1 Å². The summed E-state index contributed by atoms with van der Waals surface area (Å²) < 4.78 is 5.64. The predicted molar refractivity (Wildman–Crippen MR) is 89.0 cm³/mol. The first-order chi connectivity index (χ1) is 10.2. The van der Waals surface area contributed by atoms with Gasteiger partial charge in [-0.05, 0) is 61.7 Å². The van der Waals surface area contributed by atoms with Gasteiger partial charge in [-0.25, -0.2) is 0 Å². The number of hydrogen-bond donors (Lipinski definition) is 1. The van der Waals surface area contributed by atoms with Crippen molar-refractivity contribution in [2.75, 3.05) is 13.2 Å². The molecule has 0 heterocycles. The van der Waals surface area contributed by atoms with Crippen LogP contribution in [0.15, 0.2) is 42.5 Å². The zero-order valence-electron chi connectivity index (χ0n) is 13.4. The van der Waals surface area contributed by atoms with Crippen LogP contribution in [0.4, 0.5) is 0 Å². The van der Waals surface area contributed by atoms with E-state index in [1.54, 1.807) is 0 Å². The van der Waals surface area contributed by atoms with Crippen LogP contribution in [-0.4, -0.2) is 13.2 Å². The van der Waals surface area contributed by atoms with Gasteiger partial charge in [0.2, 0.25) is 0 Å². The average Bonchev–Trinajstić information content (AvgIpc) is 2.47. The fraction of sp³-hybridized carbons (Fsp3) is 0.368. The van der Waals surface area contributed by atoms with Crippen LogP contribution in [0.3, 0.4) is 0 Å². The highest BCUT2D eigenvalue weighted by molar-refractivity contribution is 5.43. The van der Waals surface area contributed by atoms with Crippen molar-refractivity contribution >= 4 is 0 Å². The van der Waals surface area contributed by atoms with E-state index in [2.05, 4.69) is 62.5 Å². The standard InChI is InChI=1S/C19H25NO/c1-5-20-19(18-14(3)9-7-10-15(18)4)16-11-8-12-17(13-16)21-6-2/h7-13,19-20H,5-6H2,1-4H3. The number of benzene rings is 2. The quantitative estimate of drug-likeness (QED) is 0.848. The Hall–Kier alpha value is -1.80. The van der Waals surface area contributed by atoms with Crippen LogP contribution in [0.1, 0.15) is 42.1 Å². The largest absolute Gasteiger partial charge is 0.494 e. The molecule has 1 N–H and O–H groups in total. The van der Waals surface area contributed by atoms with Crippen molar-refractivity contribution < 1.29 is 4.74 Å². The first-order valence-electron chi connectivity index (χ1n) is 7.69. The predicted octanol–water partition coefficient (Wildman–Crippen LogP) is 4.40. The highest BCUT2D eigenvalue weighted by Crippen LogP contribution is 2.29. The molecule has 0 radical (unpaired) electrons. The average molecular weight is 283 g/mol. The molecule has 0 aliphatic rings. The van der Waals surface area contributed by atoms with Gasteiger partial charge in [-0.2, -0.15) is 0 Å². The maximum absolute atomic E-state index is 5.64. The minimum absolute atomic E-state index is 0.205. The molecule has 2 rings (SSSR count). The van der Waals surface area contributed by atoms with E-state index < -0.39 is 0 Å². The SMILES string of the molecule is CCNC(c1cccc(OCC)c1)c1c(C)cccc1C. The monoisotopic (exact) mass is 283 g/mol.